The highest BCUT2D eigenvalue weighted by molar-refractivity contribution is 5.27. The first kappa shape index (κ1) is 12.2. The Morgan fingerprint density at radius 1 is 0.875 bits per heavy atom. The molecule has 0 fully saturated rings. The molecule has 84 valence electrons. The van der Waals surface area contributed by atoms with Crippen molar-refractivity contribution >= 4 is 0 Å². The molecule has 2 rings (SSSR count). The fraction of sp³-hybridized carbons (Fsp3) is 0.231. The number of hydrogen-bond donors (Lipinski definition) is 0. The van der Waals surface area contributed by atoms with Crippen LogP contribution in [0.15, 0.2) is 42.7 Å². The lowest BCUT2D eigenvalue weighted by molar-refractivity contribution is 0.477. The van der Waals surface area contributed by atoms with Crippen LogP contribution in [0.3, 0.4) is 0 Å². The molecule has 0 amide bonds. The van der Waals surface area contributed by atoms with Crippen LogP contribution in [0.1, 0.15) is 19.7 Å². The summed E-state index contributed by atoms with van der Waals surface area (Å²) in [7, 11) is 0. The van der Waals surface area contributed by atoms with E-state index in [1.807, 2.05) is 51.1 Å². The maximum Gasteiger partial charge on any atom is 0.164 e. The first-order valence-electron chi connectivity index (χ1n) is 5.36. The van der Waals surface area contributed by atoms with Crippen LogP contribution in [0, 0.1) is 6.92 Å². The Kier molecular flexibility index (Phi) is 4.99. The number of aromatic nitrogens is 2. The van der Waals surface area contributed by atoms with Gasteiger partial charge in [-0.3, -0.25) is 0 Å². The van der Waals surface area contributed by atoms with E-state index in [0.717, 1.165) is 11.6 Å². The first-order valence-corrected chi connectivity index (χ1v) is 5.36. The monoisotopic (exact) mass is 216 g/mol. The molecule has 16 heavy (non-hydrogen) atoms. The maximum absolute atomic E-state index is 5.51. The zero-order valence-corrected chi connectivity index (χ0v) is 9.84. The van der Waals surface area contributed by atoms with Gasteiger partial charge in [0.25, 0.3) is 0 Å². The van der Waals surface area contributed by atoms with Crippen LogP contribution in [-0.2, 0) is 0 Å². The molecule has 0 aliphatic rings. The van der Waals surface area contributed by atoms with Gasteiger partial charge < -0.3 is 4.74 Å². The summed E-state index contributed by atoms with van der Waals surface area (Å²) in [4.78, 5) is 8.08. The van der Waals surface area contributed by atoms with E-state index in [-0.39, 0.29) is 0 Å². The first-order chi connectivity index (χ1) is 7.84. The summed E-state index contributed by atoms with van der Waals surface area (Å²) < 4.78 is 5.51. The number of para-hydroxylation sites is 1. The SMILES string of the molecule is CC.Cc1ncc(Oc2ccccc2)cn1. The Bertz CT molecular complexity index is 398. The molecule has 0 aliphatic heterocycles. The minimum Gasteiger partial charge on any atom is -0.454 e. The minimum atomic E-state index is 0.654. The van der Waals surface area contributed by atoms with E-state index >= 15 is 0 Å². The highest BCUT2D eigenvalue weighted by atomic mass is 16.5. The van der Waals surface area contributed by atoms with Gasteiger partial charge in [-0.2, -0.15) is 0 Å². The van der Waals surface area contributed by atoms with Crippen molar-refractivity contribution in [1.82, 2.24) is 9.97 Å². The number of nitrogens with zero attached hydrogens (tertiary/aromatic N) is 2. The van der Waals surface area contributed by atoms with Gasteiger partial charge in [-0.05, 0) is 19.1 Å². The normalized spacial score (nSPS) is 8.94. The van der Waals surface area contributed by atoms with Gasteiger partial charge in [-0.1, -0.05) is 32.0 Å². The Labute approximate surface area is 96.1 Å². The molecule has 2 aromatic rings. The van der Waals surface area contributed by atoms with E-state index in [9.17, 15) is 0 Å². The lowest BCUT2D eigenvalue weighted by Crippen LogP contribution is -1.89. The number of ether oxygens (including phenoxy) is 1. The van der Waals surface area contributed by atoms with Crippen LogP contribution in [0.5, 0.6) is 11.5 Å². The van der Waals surface area contributed by atoms with E-state index in [2.05, 4.69) is 9.97 Å². The van der Waals surface area contributed by atoms with E-state index in [4.69, 9.17) is 4.74 Å². The van der Waals surface area contributed by atoms with Crippen molar-refractivity contribution in [2.45, 2.75) is 20.8 Å². The standard InChI is InChI=1S/C11H10N2O.C2H6/c1-9-12-7-11(8-13-9)14-10-5-3-2-4-6-10;1-2/h2-8H,1H3;1-2H3. The molecule has 1 heterocycles. The number of benzene rings is 1. The molecule has 0 unspecified atom stereocenters. The summed E-state index contributed by atoms with van der Waals surface area (Å²) in [5.74, 6) is 2.19. The Morgan fingerprint density at radius 2 is 1.44 bits per heavy atom. The quantitative estimate of drug-likeness (QED) is 0.769. The van der Waals surface area contributed by atoms with Gasteiger partial charge in [-0.15, -0.1) is 0 Å². The molecule has 0 N–H and O–H groups in total. The molecule has 0 spiro atoms. The zero-order valence-electron chi connectivity index (χ0n) is 9.84. The third-order valence-electron chi connectivity index (χ3n) is 1.74. The zero-order chi connectivity index (χ0) is 11.8. The summed E-state index contributed by atoms with van der Waals surface area (Å²) >= 11 is 0. The Balaban J connectivity index is 0.000000606. The van der Waals surface area contributed by atoms with Crippen LogP contribution in [-0.4, -0.2) is 9.97 Å². The molecule has 0 atom stereocenters. The topological polar surface area (TPSA) is 35.0 Å². The van der Waals surface area contributed by atoms with Gasteiger partial charge in [0.2, 0.25) is 0 Å². The molecular formula is C13H16N2O. The molecular weight excluding hydrogens is 200 g/mol. The number of rotatable bonds is 2. The van der Waals surface area contributed by atoms with Gasteiger partial charge in [0.05, 0.1) is 12.4 Å². The lowest BCUT2D eigenvalue weighted by Gasteiger charge is -2.03. The highest BCUT2D eigenvalue weighted by Crippen LogP contribution is 2.18. The van der Waals surface area contributed by atoms with Gasteiger partial charge >= 0.3 is 0 Å². The van der Waals surface area contributed by atoms with Crippen molar-refractivity contribution in [3.8, 4) is 11.5 Å². The third kappa shape index (κ3) is 3.69. The molecule has 0 saturated carbocycles. The summed E-state index contributed by atoms with van der Waals surface area (Å²) in [6, 6.07) is 9.56. The molecule has 3 heteroatoms. The van der Waals surface area contributed by atoms with Crippen LogP contribution >= 0.6 is 0 Å². The molecule has 3 nitrogen and oxygen atoms in total. The van der Waals surface area contributed by atoms with Crippen LogP contribution in [0.4, 0.5) is 0 Å². The molecule has 0 saturated heterocycles. The van der Waals surface area contributed by atoms with Crippen molar-refractivity contribution in [3.63, 3.8) is 0 Å². The van der Waals surface area contributed by atoms with Gasteiger partial charge in [0, 0.05) is 0 Å². The molecule has 0 radical (unpaired) electrons. The third-order valence-corrected chi connectivity index (χ3v) is 1.74. The summed E-state index contributed by atoms with van der Waals surface area (Å²) in [5, 5.41) is 0. The second-order valence-electron chi connectivity index (χ2n) is 2.88. The van der Waals surface area contributed by atoms with Gasteiger partial charge in [-0.25, -0.2) is 9.97 Å². The highest BCUT2D eigenvalue weighted by Gasteiger charge is 1.96. The second-order valence-corrected chi connectivity index (χ2v) is 2.88. The largest absolute Gasteiger partial charge is 0.454 e. The van der Waals surface area contributed by atoms with Crippen LogP contribution < -0.4 is 4.74 Å². The predicted octanol–water partition coefficient (Wildman–Crippen LogP) is 3.60. The van der Waals surface area contributed by atoms with Crippen molar-refractivity contribution in [1.29, 1.82) is 0 Å². The smallest absolute Gasteiger partial charge is 0.164 e. The fourth-order valence-electron chi connectivity index (χ4n) is 1.06. The molecule has 0 bridgehead atoms. The Morgan fingerprint density at radius 3 is 2.00 bits per heavy atom. The van der Waals surface area contributed by atoms with Crippen LogP contribution in [0.2, 0.25) is 0 Å². The van der Waals surface area contributed by atoms with Gasteiger partial charge in [0.15, 0.2) is 5.75 Å². The number of hydrogen-bond acceptors (Lipinski definition) is 3. The van der Waals surface area contributed by atoms with E-state index < -0.39 is 0 Å². The molecule has 1 aromatic carbocycles. The second kappa shape index (κ2) is 6.56. The Hall–Kier alpha value is -1.90. The van der Waals surface area contributed by atoms with E-state index in [0.29, 0.717) is 5.75 Å². The maximum atomic E-state index is 5.51. The van der Waals surface area contributed by atoms with Gasteiger partial charge in [0.1, 0.15) is 11.6 Å². The van der Waals surface area contributed by atoms with Crippen molar-refractivity contribution in [3.05, 3.63) is 48.5 Å². The number of aryl methyl sites for hydroxylation is 1. The summed E-state index contributed by atoms with van der Waals surface area (Å²) in [6.45, 7) is 5.84. The predicted molar refractivity (Wildman–Crippen MR) is 64.6 cm³/mol. The van der Waals surface area contributed by atoms with Crippen molar-refractivity contribution in [2.75, 3.05) is 0 Å². The molecule has 0 aliphatic carbocycles. The lowest BCUT2D eigenvalue weighted by atomic mass is 10.3. The van der Waals surface area contributed by atoms with E-state index in [1.54, 1.807) is 12.4 Å². The summed E-state index contributed by atoms with van der Waals surface area (Å²) in [5.41, 5.74) is 0. The minimum absolute atomic E-state index is 0.654. The average molecular weight is 216 g/mol. The van der Waals surface area contributed by atoms with Crippen LogP contribution in [0.25, 0.3) is 0 Å². The summed E-state index contributed by atoms with van der Waals surface area (Å²) in [6.07, 6.45) is 3.32. The fourth-order valence-corrected chi connectivity index (χ4v) is 1.06. The van der Waals surface area contributed by atoms with Crippen molar-refractivity contribution < 1.29 is 4.74 Å². The van der Waals surface area contributed by atoms with Crippen molar-refractivity contribution in [2.24, 2.45) is 0 Å². The molecule has 1 aromatic heterocycles. The van der Waals surface area contributed by atoms with E-state index in [1.165, 1.54) is 0 Å². The average Bonchev–Trinajstić information content (AvgIpc) is 2.36.